The van der Waals surface area contributed by atoms with Crippen LogP contribution in [-0.2, 0) is 4.79 Å². The van der Waals surface area contributed by atoms with Gasteiger partial charge in [0.15, 0.2) is 0 Å². The van der Waals surface area contributed by atoms with Gasteiger partial charge in [0.2, 0.25) is 0 Å². The number of carboxylic acids is 1. The predicted octanol–water partition coefficient (Wildman–Crippen LogP) is -3.10. The number of allylic oxidation sites excluding steroid dienone is 1. The Bertz CT molecular complexity index is 330. The van der Waals surface area contributed by atoms with Crippen LogP contribution in [0, 0.1) is 0 Å². The summed E-state index contributed by atoms with van der Waals surface area (Å²) >= 11 is 0. The van der Waals surface area contributed by atoms with E-state index in [1.54, 1.807) is 0 Å². The molecule has 0 aliphatic carbocycles. The largest absolute Gasteiger partial charge is 1.00 e. The predicted molar refractivity (Wildman–Crippen MR) is 89.9 cm³/mol. The number of aliphatic carboxylic acids is 1. The Morgan fingerprint density at radius 3 is 2.58 bits per heavy atom. The van der Waals surface area contributed by atoms with Crippen molar-refractivity contribution in [1.82, 2.24) is 10.2 Å². The molecule has 0 rings (SSSR count). The number of nitrogens with zero attached hydrogens (tertiary/aromatic N) is 1. The summed E-state index contributed by atoms with van der Waals surface area (Å²) in [5.41, 5.74) is 0. The summed E-state index contributed by atoms with van der Waals surface area (Å²) in [6.45, 7) is 6.59. The first-order valence-electron chi connectivity index (χ1n) is 8.59. The molecule has 0 aliphatic rings. The van der Waals surface area contributed by atoms with Gasteiger partial charge in [-0.15, -0.1) is 0 Å². The van der Waals surface area contributed by atoms with Gasteiger partial charge in [-0.25, -0.2) is 0 Å². The first kappa shape index (κ1) is 26.3. The Hall–Kier alpha value is 0.0500. The molecule has 0 saturated carbocycles. The summed E-state index contributed by atoms with van der Waals surface area (Å²) in [6.07, 6.45) is 6.28. The van der Waals surface area contributed by atoms with Crippen molar-refractivity contribution in [3.63, 3.8) is 0 Å². The number of hydrogen-bond acceptors (Lipinski definition) is 6. The maximum Gasteiger partial charge on any atom is 1.00 e. The SMILES string of the molecule is C/C=C/CC(O)CNCCN(CCC(=O)[O-])CC(O)CCCC.[Na+]. The molecule has 7 heteroatoms. The van der Waals surface area contributed by atoms with E-state index in [9.17, 15) is 20.1 Å². The van der Waals surface area contributed by atoms with Gasteiger partial charge in [-0.2, -0.15) is 0 Å². The van der Waals surface area contributed by atoms with Crippen LogP contribution in [0.25, 0.3) is 0 Å². The first-order chi connectivity index (χ1) is 11.0. The molecule has 0 amide bonds. The van der Waals surface area contributed by atoms with Gasteiger partial charge < -0.3 is 25.4 Å². The first-order valence-corrected chi connectivity index (χ1v) is 8.59. The molecule has 0 aromatic carbocycles. The van der Waals surface area contributed by atoms with E-state index in [0.29, 0.717) is 39.1 Å². The van der Waals surface area contributed by atoms with Gasteiger partial charge in [0.1, 0.15) is 0 Å². The van der Waals surface area contributed by atoms with E-state index in [1.165, 1.54) is 0 Å². The Balaban J connectivity index is 0. The summed E-state index contributed by atoms with van der Waals surface area (Å²) in [4.78, 5) is 12.6. The average molecular weight is 352 g/mol. The van der Waals surface area contributed by atoms with E-state index in [-0.39, 0.29) is 36.0 Å². The van der Waals surface area contributed by atoms with E-state index in [2.05, 4.69) is 12.2 Å². The molecule has 0 heterocycles. The van der Waals surface area contributed by atoms with E-state index < -0.39 is 18.2 Å². The molecular formula is C17H33N2NaO4. The molecule has 0 aromatic heterocycles. The molecule has 0 fully saturated rings. The Kier molecular flexibility index (Phi) is 19.6. The topological polar surface area (TPSA) is 95.9 Å². The van der Waals surface area contributed by atoms with Crippen LogP contribution in [0.1, 0.15) is 46.0 Å². The fraction of sp³-hybridized carbons (Fsp3) is 0.824. The summed E-state index contributed by atoms with van der Waals surface area (Å²) in [6, 6.07) is 0. The minimum atomic E-state index is -1.08. The van der Waals surface area contributed by atoms with Gasteiger partial charge in [0.25, 0.3) is 0 Å². The summed E-state index contributed by atoms with van der Waals surface area (Å²) < 4.78 is 0. The third-order valence-electron chi connectivity index (χ3n) is 3.62. The number of aliphatic hydroxyl groups excluding tert-OH is 2. The maximum absolute atomic E-state index is 10.6. The average Bonchev–Trinajstić information content (AvgIpc) is 2.52. The Labute approximate surface area is 168 Å². The van der Waals surface area contributed by atoms with E-state index >= 15 is 0 Å². The van der Waals surface area contributed by atoms with Gasteiger partial charge in [-0.05, 0) is 26.2 Å². The van der Waals surface area contributed by atoms with Crippen LogP contribution in [-0.4, -0.2) is 66.0 Å². The molecule has 0 radical (unpaired) electrons. The number of nitrogens with one attached hydrogen (secondary N) is 1. The number of carbonyl (C=O) groups excluding carboxylic acids is 1. The van der Waals surface area contributed by atoms with Gasteiger partial charge >= 0.3 is 29.6 Å². The molecule has 0 aliphatic heterocycles. The van der Waals surface area contributed by atoms with Crippen LogP contribution in [0.3, 0.4) is 0 Å². The fourth-order valence-electron chi connectivity index (χ4n) is 2.26. The van der Waals surface area contributed by atoms with Crippen molar-refractivity contribution >= 4 is 5.97 Å². The normalized spacial score (nSPS) is 13.9. The van der Waals surface area contributed by atoms with Crippen molar-refractivity contribution in [2.24, 2.45) is 0 Å². The van der Waals surface area contributed by atoms with Crippen molar-refractivity contribution in [3.05, 3.63) is 12.2 Å². The van der Waals surface area contributed by atoms with Crippen LogP contribution in [0.2, 0.25) is 0 Å². The Morgan fingerprint density at radius 1 is 1.29 bits per heavy atom. The molecule has 3 N–H and O–H groups in total. The second kappa shape index (κ2) is 17.9. The van der Waals surface area contributed by atoms with E-state index in [1.807, 2.05) is 24.0 Å². The van der Waals surface area contributed by atoms with Gasteiger partial charge in [0.05, 0.1) is 12.2 Å². The zero-order valence-corrected chi connectivity index (χ0v) is 17.5. The van der Waals surface area contributed by atoms with Crippen LogP contribution < -0.4 is 40.0 Å². The Morgan fingerprint density at radius 2 is 2.00 bits per heavy atom. The number of unbranched alkanes of at least 4 members (excludes halogenated alkanes) is 1. The van der Waals surface area contributed by atoms with Crippen molar-refractivity contribution in [2.75, 3.05) is 32.7 Å². The minimum absolute atomic E-state index is 0. The second-order valence-corrected chi connectivity index (χ2v) is 5.88. The van der Waals surface area contributed by atoms with Crippen LogP contribution >= 0.6 is 0 Å². The molecule has 0 spiro atoms. The van der Waals surface area contributed by atoms with E-state index in [4.69, 9.17) is 0 Å². The molecule has 0 bridgehead atoms. The van der Waals surface area contributed by atoms with Crippen molar-refractivity contribution in [2.45, 2.75) is 58.2 Å². The second-order valence-electron chi connectivity index (χ2n) is 5.88. The molecule has 136 valence electrons. The molecule has 24 heavy (non-hydrogen) atoms. The van der Waals surface area contributed by atoms with Gasteiger partial charge in [0, 0.05) is 38.7 Å². The third kappa shape index (κ3) is 16.9. The zero-order valence-electron chi connectivity index (χ0n) is 15.5. The standard InChI is InChI=1S/C17H34N2O4.Na/c1-3-5-7-15(20)13-18-10-12-19(11-9-17(22)23)14-16(21)8-6-4-2;/h3,5,15-16,18,20-21H,4,6-14H2,1-2H3,(H,22,23);/q;+1/p-1/b5-3+;. The van der Waals surface area contributed by atoms with Crippen LogP contribution in [0.5, 0.6) is 0 Å². The van der Waals surface area contributed by atoms with Crippen LogP contribution in [0.4, 0.5) is 0 Å². The fourth-order valence-corrected chi connectivity index (χ4v) is 2.26. The van der Waals surface area contributed by atoms with Gasteiger partial charge in [-0.1, -0.05) is 31.9 Å². The summed E-state index contributed by atoms with van der Waals surface area (Å²) in [7, 11) is 0. The number of rotatable bonds is 15. The maximum atomic E-state index is 10.6. The smallest absolute Gasteiger partial charge is 0.550 e. The molecule has 6 nitrogen and oxygen atoms in total. The molecule has 0 saturated heterocycles. The summed E-state index contributed by atoms with van der Waals surface area (Å²) in [5.74, 6) is -1.08. The quantitative estimate of drug-likeness (QED) is 0.164. The van der Waals surface area contributed by atoms with Crippen molar-refractivity contribution < 1.29 is 49.7 Å². The van der Waals surface area contributed by atoms with Crippen molar-refractivity contribution in [3.8, 4) is 0 Å². The van der Waals surface area contributed by atoms with Gasteiger partial charge in [-0.3, -0.25) is 4.90 Å². The van der Waals surface area contributed by atoms with Crippen molar-refractivity contribution in [1.29, 1.82) is 0 Å². The molecular weight excluding hydrogens is 319 g/mol. The number of aliphatic hydroxyl groups is 2. The summed E-state index contributed by atoms with van der Waals surface area (Å²) in [5, 5.41) is 33.5. The minimum Gasteiger partial charge on any atom is -0.550 e. The van der Waals surface area contributed by atoms with Crippen LogP contribution in [0.15, 0.2) is 12.2 Å². The number of hydrogen-bond donors (Lipinski definition) is 3. The molecule has 2 atom stereocenters. The number of carbonyl (C=O) groups is 1. The molecule has 2 unspecified atom stereocenters. The van der Waals surface area contributed by atoms with E-state index in [0.717, 1.165) is 19.3 Å². The number of carboxylic acid groups (broad SMARTS) is 1. The molecule has 0 aromatic rings. The monoisotopic (exact) mass is 352 g/mol. The zero-order chi connectivity index (χ0) is 17.5. The third-order valence-corrected chi connectivity index (χ3v) is 3.62.